The zero-order chi connectivity index (χ0) is 19.9. The van der Waals surface area contributed by atoms with Crippen LogP contribution in [0.2, 0.25) is 0 Å². The van der Waals surface area contributed by atoms with E-state index in [-0.39, 0.29) is 17.6 Å². The maximum atomic E-state index is 13.6. The van der Waals surface area contributed by atoms with Crippen LogP contribution in [0.3, 0.4) is 0 Å². The Morgan fingerprint density at radius 2 is 1.54 bits per heavy atom. The van der Waals surface area contributed by atoms with Crippen LogP contribution in [-0.4, -0.2) is 58.5 Å². The molecule has 5 nitrogen and oxygen atoms in total. The smallest absolute Gasteiger partial charge is 0.254 e. The van der Waals surface area contributed by atoms with Crippen molar-refractivity contribution < 1.29 is 19.1 Å². The van der Waals surface area contributed by atoms with Crippen molar-refractivity contribution in [3.05, 3.63) is 59.4 Å². The third-order valence-electron chi connectivity index (χ3n) is 5.48. The molecule has 6 heteroatoms. The van der Waals surface area contributed by atoms with Crippen molar-refractivity contribution in [3.8, 4) is 11.1 Å². The van der Waals surface area contributed by atoms with Gasteiger partial charge in [0.25, 0.3) is 11.8 Å². The predicted molar refractivity (Wildman–Crippen MR) is 103 cm³/mol. The van der Waals surface area contributed by atoms with Gasteiger partial charge in [-0.25, -0.2) is 4.39 Å². The lowest BCUT2D eigenvalue weighted by atomic mass is 10.0. The molecule has 0 aromatic heterocycles. The lowest BCUT2D eigenvalue weighted by molar-refractivity contribution is -0.143. The number of carbonyl (C=O) groups is 2. The predicted octanol–water partition coefficient (Wildman–Crippen LogP) is 2.61. The van der Waals surface area contributed by atoms with Gasteiger partial charge < -0.3 is 14.9 Å². The number of halogens is 1. The second-order valence-corrected chi connectivity index (χ2v) is 7.71. The van der Waals surface area contributed by atoms with Gasteiger partial charge in [-0.15, -0.1) is 0 Å². The van der Waals surface area contributed by atoms with Crippen molar-refractivity contribution >= 4 is 11.8 Å². The molecule has 1 heterocycles. The lowest BCUT2D eigenvalue weighted by Gasteiger charge is -2.35. The van der Waals surface area contributed by atoms with Gasteiger partial charge in [0, 0.05) is 31.7 Å². The van der Waals surface area contributed by atoms with Gasteiger partial charge >= 0.3 is 0 Å². The summed E-state index contributed by atoms with van der Waals surface area (Å²) in [5, 5.41) is 9.96. The molecule has 1 aliphatic carbocycles. The number of hydrogen-bond donors (Lipinski definition) is 1. The van der Waals surface area contributed by atoms with Crippen LogP contribution in [0.25, 0.3) is 11.1 Å². The van der Waals surface area contributed by atoms with Crippen molar-refractivity contribution in [2.24, 2.45) is 0 Å². The lowest BCUT2D eigenvalue weighted by Crippen LogP contribution is -2.53. The van der Waals surface area contributed by atoms with Crippen molar-refractivity contribution in [3.63, 3.8) is 0 Å². The number of piperazine rings is 1. The third-order valence-corrected chi connectivity index (χ3v) is 5.48. The minimum atomic E-state index is -1.16. The summed E-state index contributed by atoms with van der Waals surface area (Å²) in [6, 6.07) is 12.0. The number of rotatable bonds is 3. The topological polar surface area (TPSA) is 60.9 Å². The maximum absolute atomic E-state index is 13.6. The van der Waals surface area contributed by atoms with Gasteiger partial charge in [-0.2, -0.15) is 0 Å². The monoisotopic (exact) mass is 382 g/mol. The van der Waals surface area contributed by atoms with Gasteiger partial charge in [0.1, 0.15) is 11.4 Å². The van der Waals surface area contributed by atoms with E-state index in [0.717, 1.165) is 16.7 Å². The van der Waals surface area contributed by atoms with Crippen molar-refractivity contribution in [1.82, 2.24) is 9.80 Å². The second kappa shape index (κ2) is 7.02. The minimum Gasteiger partial charge on any atom is -0.380 e. The molecule has 28 heavy (non-hydrogen) atoms. The van der Waals surface area contributed by atoms with E-state index in [2.05, 4.69) is 0 Å². The van der Waals surface area contributed by atoms with Crippen LogP contribution in [0, 0.1) is 12.7 Å². The summed E-state index contributed by atoms with van der Waals surface area (Å²) in [7, 11) is 0. The molecule has 1 saturated carbocycles. The van der Waals surface area contributed by atoms with Gasteiger partial charge in [-0.05, 0) is 60.7 Å². The highest BCUT2D eigenvalue weighted by Crippen LogP contribution is 2.37. The maximum Gasteiger partial charge on any atom is 0.254 e. The molecule has 1 N–H and O–H groups in total. The Bertz CT molecular complexity index is 894. The normalized spacial score (nSPS) is 18.1. The number of aryl methyl sites for hydroxylation is 1. The summed E-state index contributed by atoms with van der Waals surface area (Å²) in [6.07, 6.45) is 1.06. The molecule has 0 unspecified atom stereocenters. The van der Waals surface area contributed by atoms with Gasteiger partial charge in [-0.1, -0.05) is 18.2 Å². The van der Waals surface area contributed by atoms with E-state index in [1.54, 1.807) is 21.9 Å². The average molecular weight is 382 g/mol. The quantitative estimate of drug-likeness (QED) is 0.888. The molecule has 2 aromatic rings. The average Bonchev–Trinajstić information content (AvgIpc) is 3.45. The molecular weight excluding hydrogens is 359 g/mol. The largest absolute Gasteiger partial charge is 0.380 e. The number of benzene rings is 2. The van der Waals surface area contributed by atoms with Crippen molar-refractivity contribution in [1.29, 1.82) is 0 Å². The van der Waals surface area contributed by atoms with E-state index in [0.29, 0.717) is 44.6 Å². The molecule has 2 aromatic carbocycles. The first-order chi connectivity index (χ1) is 13.4. The molecule has 0 atom stereocenters. The SMILES string of the molecule is Cc1cc(F)cc(-c2ccc(C(=O)N3CCN(C(=O)C4(O)CC4)CC3)cc2)c1. The Balaban J connectivity index is 1.41. The highest BCUT2D eigenvalue weighted by molar-refractivity contribution is 5.95. The van der Waals surface area contributed by atoms with E-state index in [1.165, 1.54) is 12.1 Å². The summed E-state index contributed by atoms with van der Waals surface area (Å²) in [5.74, 6) is -0.577. The molecule has 2 fully saturated rings. The Morgan fingerprint density at radius 3 is 2.11 bits per heavy atom. The summed E-state index contributed by atoms with van der Waals surface area (Å²) >= 11 is 0. The summed E-state index contributed by atoms with van der Waals surface area (Å²) in [6.45, 7) is 3.62. The molecule has 4 rings (SSSR count). The Labute approximate surface area is 163 Å². The standard InChI is InChI=1S/C22H23FN2O3/c1-15-12-18(14-19(23)13-15)16-2-4-17(5-3-16)20(26)24-8-10-25(11-9-24)21(27)22(28)6-7-22/h2-5,12-14,28H,6-11H2,1H3. The molecule has 146 valence electrons. The van der Waals surface area contributed by atoms with Crippen LogP contribution < -0.4 is 0 Å². The second-order valence-electron chi connectivity index (χ2n) is 7.71. The van der Waals surface area contributed by atoms with Gasteiger partial charge in [0.2, 0.25) is 0 Å². The molecule has 2 aliphatic rings. The van der Waals surface area contributed by atoms with E-state index < -0.39 is 5.60 Å². The van der Waals surface area contributed by atoms with Crippen molar-refractivity contribution in [2.45, 2.75) is 25.4 Å². The van der Waals surface area contributed by atoms with E-state index >= 15 is 0 Å². The van der Waals surface area contributed by atoms with E-state index in [1.807, 2.05) is 25.1 Å². The fraction of sp³-hybridized carbons (Fsp3) is 0.364. The van der Waals surface area contributed by atoms with E-state index in [9.17, 15) is 19.1 Å². The Morgan fingerprint density at radius 1 is 0.929 bits per heavy atom. The van der Waals surface area contributed by atoms with E-state index in [4.69, 9.17) is 0 Å². The number of amides is 2. The number of nitrogens with zero attached hydrogens (tertiary/aromatic N) is 2. The number of carbonyl (C=O) groups excluding carboxylic acids is 2. The van der Waals surface area contributed by atoms with Crippen LogP contribution in [0.4, 0.5) is 4.39 Å². The summed E-state index contributed by atoms with van der Waals surface area (Å²) in [5.41, 5.74) is 1.89. The molecule has 2 amide bonds. The first-order valence-corrected chi connectivity index (χ1v) is 9.54. The molecule has 0 bridgehead atoms. The molecule has 1 saturated heterocycles. The molecule has 0 spiro atoms. The van der Waals surface area contributed by atoms with Gasteiger partial charge in [-0.3, -0.25) is 9.59 Å². The highest BCUT2D eigenvalue weighted by atomic mass is 19.1. The number of aliphatic hydroxyl groups is 1. The number of hydrogen-bond acceptors (Lipinski definition) is 3. The van der Waals surface area contributed by atoms with Crippen LogP contribution >= 0.6 is 0 Å². The molecule has 0 radical (unpaired) electrons. The van der Waals surface area contributed by atoms with Crippen molar-refractivity contribution in [2.75, 3.05) is 26.2 Å². The summed E-state index contributed by atoms with van der Waals surface area (Å²) in [4.78, 5) is 28.3. The Kier molecular flexibility index (Phi) is 4.67. The molecular formula is C22H23FN2O3. The third kappa shape index (κ3) is 3.64. The summed E-state index contributed by atoms with van der Waals surface area (Å²) < 4.78 is 13.6. The van der Waals surface area contributed by atoms with Crippen LogP contribution in [0.5, 0.6) is 0 Å². The zero-order valence-electron chi connectivity index (χ0n) is 15.8. The van der Waals surface area contributed by atoms with Gasteiger partial charge in [0.05, 0.1) is 0 Å². The first-order valence-electron chi connectivity index (χ1n) is 9.54. The fourth-order valence-electron chi connectivity index (χ4n) is 3.63. The van der Waals surface area contributed by atoms with Gasteiger partial charge in [0.15, 0.2) is 0 Å². The fourth-order valence-corrected chi connectivity index (χ4v) is 3.63. The Hall–Kier alpha value is -2.73. The molecule has 1 aliphatic heterocycles. The first kappa shape index (κ1) is 18.6. The highest BCUT2D eigenvalue weighted by Gasteiger charge is 2.50. The van der Waals surface area contributed by atoms with Crippen LogP contribution in [0.15, 0.2) is 42.5 Å². The van der Waals surface area contributed by atoms with Crippen LogP contribution in [-0.2, 0) is 4.79 Å². The van der Waals surface area contributed by atoms with Crippen LogP contribution in [0.1, 0.15) is 28.8 Å². The zero-order valence-corrected chi connectivity index (χ0v) is 15.8. The minimum absolute atomic E-state index is 0.0841.